The minimum Gasteiger partial charge on any atom is -0.481 e. The van der Waals surface area contributed by atoms with Gasteiger partial charge in [-0.15, -0.1) is 0 Å². The van der Waals surface area contributed by atoms with Gasteiger partial charge in [-0.25, -0.2) is 4.98 Å². The van der Waals surface area contributed by atoms with Crippen molar-refractivity contribution in [3.8, 4) is 0 Å². The fourth-order valence-corrected chi connectivity index (χ4v) is 2.90. The molecule has 2 N–H and O–H groups in total. The minimum absolute atomic E-state index is 0.0293. The van der Waals surface area contributed by atoms with Crippen molar-refractivity contribution in [3.63, 3.8) is 0 Å². The third-order valence-corrected chi connectivity index (χ3v) is 4.27. The number of nitrogens with one attached hydrogen (secondary N) is 1. The number of carbonyl (C=O) groups excluding carboxylic acids is 3. The number of aliphatic carboxylic acids is 1. The Kier molecular flexibility index (Phi) is 8.46. The number of para-hydroxylation sites is 2. The molecule has 0 spiro atoms. The second-order valence-electron chi connectivity index (χ2n) is 5.85. The highest BCUT2D eigenvalue weighted by Crippen LogP contribution is 2.23. The number of aromatic nitrogens is 1. The molecular formula is C18H20N2O8S. The summed E-state index contributed by atoms with van der Waals surface area (Å²) in [7, 11) is 0. The van der Waals surface area contributed by atoms with Crippen molar-refractivity contribution in [1.82, 2.24) is 10.3 Å². The first kappa shape index (κ1) is 22.2. The number of hydrogen-bond acceptors (Lipinski definition) is 9. The quantitative estimate of drug-likeness (QED) is 0.331. The molecule has 0 fully saturated rings. The third kappa shape index (κ3) is 7.82. The summed E-state index contributed by atoms with van der Waals surface area (Å²) in [6.07, 6.45) is -0.412. The van der Waals surface area contributed by atoms with Gasteiger partial charge in [-0.2, -0.15) is 0 Å². The topological polar surface area (TPSA) is 145 Å². The van der Waals surface area contributed by atoms with E-state index in [0.29, 0.717) is 11.1 Å². The zero-order valence-electron chi connectivity index (χ0n) is 15.6. The van der Waals surface area contributed by atoms with Gasteiger partial charge in [0, 0.05) is 18.7 Å². The van der Waals surface area contributed by atoms with Crippen molar-refractivity contribution in [2.45, 2.75) is 25.0 Å². The average Bonchev–Trinajstić information content (AvgIpc) is 3.05. The average molecular weight is 424 g/mol. The number of rotatable bonds is 10. The number of carbonyl (C=O) groups is 4. The van der Waals surface area contributed by atoms with Crippen molar-refractivity contribution >= 4 is 46.0 Å². The van der Waals surface area contributed by atoms with Gasteiger partial charge in [0.2, 0.25) is 0 Å². The van der Waals surface area contributed by atoms with E-state index in [0.717, 1.165) is 11.8 Å². The first-order valence-electron chi connectivity index (χ1n) is 8.68. The molecule has 0 saturated carbocycles. The maximum absolute atomic E-state index is 12.0. The predicted molar refractivity (Wildman–Crippen MR) is 101 cm³/mol. The summed E-state index contributed by atoms with van der Waals surface area (Å²) in [5.74, 6) is -3.37. The highest BCUT2D eigenvalue weighted by atomic mass is 32.2. The highest BCUT2D eigenvalue weighted by Gasteiger charge is 2.23. The normalized spacial score (nSPS) is 11.6. The van der Waals surface area contributed by atoms with Crippen LogP contribution in [0.2, 0.25) is 0 Å². The first-order chi connectivity index (χ1) is 13.8. The van der Waals surface area contributed by atoms with E-state index < -0.39 is 35.5 Å². The third-order valence-electron chi connectivity index (χ3n) is 3.60. The van der Waals surface area contributed by atoms with Gasteiger partial charge in [-0.05, 0) is 18.6 Å². The second kappa shape index (κ2) is 11.1. The molecule has 156 valence electrons. The summed E-state index contributed by atoms with van der Waals surface area (Å²) in [5, 5.41) is 11.2. The highest BCUT2D eigenvalue weighted by molar-refractivity contribution is 8.13. The Morgan fingerprint density at radius 3 is 2.66 bits per heavy atom. The number of carboxylic acids is 1. The van der Waals surface area contributed by atoms with Crippen molar-refractivity contribution in [1.29, 1.82) is 0 Å². The Labute approximate surface area is 169 Å². The molecule has 2 aromatic rings. The van der Waals surface area contributed by atoms with Crippen LogP contribution in [0.1, 0.15) is 19.8 Å². The molecule has 1 heterocycles. The van der Waals surface area contributed by atoms with Crippen LogP contribution in [0.15, 0.2) is 33.9 Å². The number of thioether (sulfide) groups is 1. The van der Waals surface area contributed by atoms with Gasteiger partial charge in [0.05, 0.1) is 25.5 Å². The molecule has 0 saturated heterocycles. The van der Waals surface area contributed by atoms with Crippen molar-refractivity contribution in [3.05, 3.63) is 24.3 Å². The number of esters is 2. The summed E-state index contributed by atoms with van der Waals surface area (Å²) in [5.41, 5.74) is 1.20. The summed E-state index contributed by atoms with van der Waals surface area (Å²) < 4.78 is 15.2. The van der Waals surface area contributed by atoms with Crippen molar-refractivity contribution in [2.24, 2.45) is 5.92 Å². The SMILES string of the molecule is CC(=O)OCCC(CC(=O)O)C(=O)OCCNC(=O)Sc1nc2ccccc2o1. The van der Waals surface area contributed by atoms with E-state index in [1.54, 1.807) is 24.3 Å². The molecule has 11 heteroatoms. The molecule has 1 unspecified atom stereocenters. The first-order valence-corrected chi connectivity index (χ1v) is 9.50. The van der Waals surface area contributed by atoms with Crippen molar-refractivity contribution < 1.29 is 38.2 Å². The van der Waals surface area contributed by atoms with Crippen LogP contribution in [0.25, 0.3) is 11.1 Å². The van der Waals surface area contributed by atoms with E-state index in [2.05, 4.69) is 10.3 Å². The van der Waals surface area contributed by atoms with Crippen LogP contribution >= 0.6 is 11.8 Å². The van der Waals surface area contributed by atoms with E-state index in [9.17, 15) is 19.2 Å². The molecule has 1 atom stereocenters. The van der Waals surface area contributed by atoms with E-state index in [1.165, 1.54) is 6.92 Å². The van der Waals surface area contributed by atoms with Gasteiger partial charge in [0.25, 0.3) is 10.5 Å². The Morgan fingerprint density at radius 1 is 1.21 bits per heavy atom. The fourth-order valence-electron chi connectivity index (χ4n) is 2.29. The standard InChI is InChI=1S/C18H20N2O8S/c1-11(21)26-8-6-12(10-15(22)23)16(24)27-9-7-19-17(25)29-18-20-13-4-2-3-5-14(13)28-18/h2-5,12H,6-10H2,1H3,(H,19,25)(H,22,23). The van der Waals surface area contributed by atoms with Crippen LogP contribution in [-0.4, -0.2) is 53.0 Å². The van der Waals surface area contributed by atoms with Crippen LogP contribution in [0.5, 0.6) is 0 Å². The Morgan fingerprint density at radius 2 is 1.97 bits per heavy atom. The van der Waals surface area contributed by atoms with Crippen molar-refractivity contribution in [2.75, 3.05) is 19.8 Å². The molecule has 1 amide bonds. The maximum Gasteiger partial charge on any atom is 0.309 e. The summed E-state index contributed by atoms with van der Waals surface area (Å²) in [4.78, 5) is 49.7. The molecule has 0 aliphatic carbocycles. The number of fused-ring (bicyclic) bond motifs is 1. The largest absolute Gasteiger partial charge is 0.481 e. The van der Waals surface area contributed by atoms with E-state index >= 15 is 0 Å². The molecule has 10 nitrogen and oxygen atoms in total. The van der Waals surface area contributed by atoms with Gasteiger partial charge < -0.3 is 24.3 Å². The second-order valence-corrected chi connectivity index (χ2v) is 6.78. The molecule has 1 aromatic heterocycles. The van der Waals surface area contributed by atoms with E-state index in [-0.39, 0.29) is 31.4 Å². The van der Waals surface area contributed by atoms with Crippen LogP contribution in [0.3, 0.4) is 0 Å². The molecule has 0 aliphatic heterocycles. The monoisotopic (exact) mass is 424 g/mol. The zero-order chi connectivity index (χ0) is 21.2. The lowest BCUT2D eigenvalue weighted by Crippen LogP contribution is -2.28. The van der Waals surface area contributed by atoms with Gasteiger partial charge in [-0.1, -0.05) is 12.1 Å². The van der Waals surface area contributed by atoms with Gasteiger partial charge in [-0.3, -0.25) is 19.2 Å². The number of nitrogens with zero attached hydrogens (tertiary/aromatic N) is 1. The number of ether oxygens (including phenoxy) is 2. The molecule has 0 bridgehead atoms. The molecule has 2 rings (SSSR count). The molecular weight excluding hydrogens is 404 g/mol. The summed E-state index contributed by atoms with van der Waals surface area (Å²) >= 11 is 0.762. The minimum atomic E-state index is -1.17. The van der Waals surface area contributed by atoms with E-state index in [4.69, 9.17) is 19.0 Å². The van der Waals surface area contributed by atoms with Gasteiger partial charge in [0.1, 0.15) is 12.1 Å². The number of benzene rings is 1. The number of amides is 1. The van der Waals surface area contributed by atoms with Crippen LogP contribution in [-0.2, 0) is 23.9 Å². The lowest BCUT2D eigenvalue weighted by molar-refractivity contribution is -0.154. The summed E-state index contributed by atoms with van der Waals surface area (Å²) in [6, 6.07) is 7.09. The molecule has 29 heavy (non-hydrogen) atoms. The van der Waals surface area contributed by atoms with E-state index in [1.807, 2.05) is 0 Å². The van der Waals surface area contributed by atoms with Crippen LogP contribution in [0, 0.1) is 5.92 Å². The zero-order valence-corrected chi connectivity index (χ0v) is 16.4. The maximum atomic E-state index is 12.0. The smallest absolute Gasteiger partial charge is 0.309 e. The van der Waals surface area contributed by atoms with Crippen LogP contribution < -0.4 is 5.32 Å². The number of oxazole rings is 1. The Balaban J connectivity index is 1.72. The number of hydrogen-bond donors (Lipinski definition) is 2. The Bertz CT molecular complexity index is 849. The number of carboxylic acid groups (broad SMARTS) is 1. The summed E-state index contributed by atoms with van der Waals surface area (Å²) in [6.45, 7) is 1.02. The molecule has 1 aromatic carbocycles. The Hall–Kier alpha value is -3.08. The lowest BCUT2D eigenvalue weighted by Gasteiger charge is -2.14. The van der Waals surface area contributed by atoms with Crippen LogP contribution in [0.4, 0.5) is 4.79 Å². The van der Waals surface area contributed by atoms with Gasteiger partial charge >= 0.3 is 17.9 Å². The fraction of sp³-hybridized carbons (Fsp3) is 0.389. The predicted octanol–water partition coefficient (Wildman–Crippen LogP) is 2.22. The van der Waals surface area contributed by atoms with Gasteiger partial charge in [0.15, 0.2) is 5.58 Å². The molecule has 0 aliphatic rings. The molecule has 0 radical (unpaired) electrons. The lowest BCUT2D eigenvalue weighted by atomic mass is 10.0.